The van der Waals surface area contributed by atoms with Crippen molar-refractivity contribution in [3.8, 4) is 11.5 Å². The van der Waals surface area contributed by atoms with Crippen LogP contribution in [0.4, 0.5) is 11.4 Å². The molecule has 0 heterocycles. The largest absolute Gasteiger partial charge is 0.851 e. The Kier molecular flexibility index (Phi) is 12.5. The number of benzene rings is 2. The Balaban J connectivity index is 1.66. The third kappa shape index (κ3) is 9.30. The average Bonchev–Trinajstić information content (AvgIpc) is 2.98. The molecule has 1 saturated carbocycles. The van der Waals surface area contributed by atoms with Crippen molar-refractivity contribution in [1.82, 2.24) is 0 Å². The van der Waals surface area contributed by atoms with Crippen molar-refractivity contribution in [2.45, 2.75) is 57.3 Å². The summed E-state index contributed by atoms with van der Waals surface area (Å²) in [6.07, 6.45) is -2.79. The van der Waals surface area contributed by atoms with Crippen molar-refractivity contribution in [2.24, 2.45) is 10.2 Å². The Labute approximate surface area is 261 Å². The predicted molar refractivity (Wildman–Crippen MR) is 164 cm³/mol. The lowest BCUT2D eigenvalue weighted by Gasteiger charge is -2.61. The maximum Gasteiger partial charge on any atom is 0.332 e. The second-order valence-electron chi connectivity index (χ2n) is 11.6. The van der Waals surface area contributed by atoms with E-state index in [0.29, 0.717) is 30.9 Å². The van der Waals surface area contributed by atoms with Crippen LogP contribution >= 0.6 is 0 Å². The Morgan fingerprint density at radius 2 is 1.47 bits per heavy atom. The molecule has 2 aromatic rings. The second kappa shape index (κ2) is 16.1. The first-order valence-corrected chi connectivity index (χ1v) is 14.7. The van der Waals surface area contributed by atoms with Gasteiger partial charge in [0, 0.05) is 78.2 Å². The Morgan fingerprint density at radius 3 is 1.96 bits per heavy atom. The number of hydrogen-bond acceptors (Lipinski definition) is 11. The fourth-order valence-corrected chi connectivity index (χ4v) is 5.38. The molecule has 15 heteroatoms. The van der Waals surface area contributed by atoms with E-state index >= 15 is 0 Å². The Bertz CT molecular complexity index is 1330. The van der Waals surface area contributed by atoms with Crippen LogP contribution in [0.5, 0.6) is 11.5 Å². The minimum Gasteiger partial charge on any atom is -0.851 e. The van der Waals surface area contributed by atoms with E-state index in [1.807, 2.05) is 24.0 Å². The molecule has 0 amide bonds. The molecule has 2 aromatic carbocycles. The van der Waals surface area contributed by atoms with Crippen molar-refractivity contribution < 1.29 is 34.7 Å². The SMILES string of the molecule is CCN(CCOCC(=O)OC(C)(C)C)c1ccc(C2C([O-])C(c3c(O)cc(N(CCN=[N+]=[N-])CCN=[N+]=[N-])cc3O)C2[O-])cc1. The maximum absolute atomic E-state index is 13.3. The topological polar surface area (TPSA) is 226 Å². The summed E-state index contributed by atoms with van der Waals surface area (Å²) in [6, 6.07) is 9.79. The molecule has 1 aliphatic carbocycles. The zero-order valence-corrected chi connectivity index (χ0v) is 25.9. The van der Waals surface area contributed by atoms with Crippen molar-refractivity contribution >= 4 is 17.3 Å². The molecule has 0 saturated heterocycles. The van der Waals surface area contributed by atoms with E-state index < -0.39 is 47.1 Å². The van der Waals surface area contributed by atoms with E-state index in [4.69, 9.17) is 20.5 Å². The van der Waals surface area contributed by atoms with Crippen molar-refractivity contribution in [3.05, 3.63) is 68.4 Å². The van der Waals surface area contributed by atoms with Crippen LogP contribution in [0.2, 0.25) is 0 Å². The van der Waals surface area contributed by atoms with Gasteiger partial charge in [-0.3, -0.25) is 0 Å². The van der Waals surface area contributed by atoms with Crippen LogP contribution in [0, 0.1) is 0 Å². The van der Waals surface area contributed by atoms with E-state index in [1.54, 1.807) is 37.8 Å². The van der Waals surface area contributed by atoms with E-state index in [1.165, 1.54) is 12.1 Å². The number of esters is 1. The normalized spacial score (nSPS) is 19.1. The summed E-state index contributed by atoms with van der Waals surface area (Å²) >= 11 is 0. The highest BCUT2D eigenvalue weighted by molar-refractivity contribution is 5.71. The summed E-state index contributed by atoms with van der Waals surface area (Å²) in [6.45, 7) is 9.28. The van der Waals surface area contributed by atoms with Gasteiger partial charge in [0.25, 0.3) is 0 Å². The molecule has 45 heavy (non-hydrogen) atoms. The van der Waals surface area contributed by atoms with Crippen molar-refractivity contribution in [1.29, 1.82) is 0 Å². The highest BCUT2D eigenvalue weighted by Gasteiger charge is 2.41. The van der Waals surface area contributed by atoms with Gasteiger partial charge in [0.05, 0.1) is 6.61 Å². The number of ether oxygens (including phenoxy) is 2. The first-order valence-electron chi connectivity index (χ1n) is 14.7. The van der Waals surface area contributed by atoms with E-state index in [0.717, 1.165) is 5.69 Å². The third-order valence-corrected chi connectivity index (χ3v) is 7.47. The number of carbonyl (C=O) groups excluding carboxylic acids is 1. The van der Waals surface area contributed by atoms with E-state index in [-0.39, 0.29) is 38.3 Å². The number of likely N-dealkylation sites (N-methyl/N-ethyl adjacent to an activating group) is 1. The number of nitrogens with zero attached hydrogens (tertiary/aromatic N) is 8. The summed E-state index contributed by atoms with van der Waals surface area (Å²) in [5, 5.41) is 55.3. The molecule has 0 bridgehead atoms. The molecule has 0 aromatic heterocycles. The molecular weight excluding hydrogens is 584 g/mol. The molecule has 244 valence electrons. The Hall–Kier alpha value is -4.39. The van der Waals surface area contributed by atoms with Gasteiger partial charge in [0.15, 0.2) is 0 Å². The van der Waals surface area contributed by atoms with E-state index in [2.05, 4.69) is 20.1 Å². The van der Waals surface area contributed by atoms with Crippen LogP contribution in [0.1, 0.15) is 50.7 Å². The van der Waals surface area contributed by atoms with Crippen LogP contribution < -0.4 is 20.0 Å². The smallest absolute Gasteiger partial charge is 0.332 e. The maximum atomic E-state index is 13.3. The summed E-state index contributed by atoms with van der Waals surface area (Å²) in [5.41, 5.74) is 18.3. The first kappa shape index (κ1) is 35.1. The van der Waals surface area contributed by atoms with Crippen LogP contribution in [-0.2, 0) is 14.3 Å². The van der Waals surface area contributed by atoms with Gasteiger partial charge in [-0.15, -0.1) is 12.2 Å². The van der Waals surface area contributed by atoms with Crippen LogP contribution in [0.15, 0.2) is 46.6 Å². The van der Waals surface area contributed by atoms with Gasteiger partial charge in [0.2, 0.25) is 0 Å². The molecule has 2 N–H and O–H groups in total. The molecule has 0 radical (unpaired) electrons. The van der Waals surface area contributed by atoms with Crippen molar-refractivity contribution in [3.63, 3.8) is 0 Å². The van der Waals surface area contributed by atoms with Crippen LogP contribution in [0.25, 0.3) is 20.9 Å². The molecule has 15 nitrogen and oxygen atoms in total. The summed E-state index contributed by atoms with van der Waals surface area (Å²) in [4.78, 5) is 20.9. The summed E-state index contributed by atoms with van der Waals surface area (Å²) in [5.74, 6) is -3.24. The van der Waals surface area contributed by atoms with Gasteiger partial charge >= 0.3 is 5.97 Å². The monoisotopic (exact) mass is 624 g/mol. The minimum atomic E-state index is -1.39. The quantitative estimate of drug-likeness (QED) is 0.0918. The fraction of sp³-hybridized carbons (Fsp3) is 0.567. The molecular formula is C30H40N8O7-2. The first-order chi connectivity index (χ1) is 21.4. The van der Waals surface area contributed by atoms with Gasteiger partial charge < -0.3 is 39.7 Å². The lowest BCUT2D eigenvalue weighted by Crippen LogP contribution is -2.63. The highest BCUT2D eigenvalue weighted by Crippen LogP contribution is 2.51. The summed E-state index contributed by atoms with van der Waals surface area (Å²) in [7, 11) is 0. The van der Waals surface area contributed by atoms with Gasteiger partial charge in [-0.2, -0.15) is 0 Å². The second-order valence-corrected chi connectivity index (χ2v) is 11.6. The minimum absolute atomic E-state index is 0.0856. The van der Waals surface area contributed by atoms with Gasteiger partial charge in [-0.05, 0) is 68.3 Å². The van der Waals surface area contributed by atoms with Crippen molar-refractivity contribution in [2.75, 3.05) is 62.3 Å². The highest BCUT2D eigenvalue weighted by atomic mass is 16.6. The number of anilines is 2. The molecule has 3 rings (SSSR count). The number of phenolic OH excluding ortho intramolecular Hbond substituents is 2. The molecule has 1 aliphatic rings. The number of hydrogen-bond donors (Lipinski definition) is 2. The van der Waals surface area contributed by atoms with Gasteiger partial charge in [-0.1, -0.05) is 22.4 Å². The zero-order chi connectivity index (χ0) is 33.1. The number of azide groups is 2. The standard InChI is InChI=1S/C30H40N8O7/c1-5-37(14-15-44-18-24(41)45-30(2,3)4)20-8-6-19(7-9-20)25-28(42)27(29(25)43)26-22(39)16-21(17-23(26)40)38(12-10-33-35-31)13-11-34-36-32/h6-9,16-17,25,27-29,39-40H,5,10-15,18H2,1-4H3/q-2. The summed E-state index contributed by atoms with van der Waals surface area (Å²) < 4.78 is 10.7. The lowest BCUT2D eigenvalue weighted by molar-refractivity contribution is -0.536. The molecule has 2 unspecified atom stereocenters. The molecule has 1 fully saturated rings. The number of rotatable bonds is 16. The fourth-order valence-electron chi connectivity index (χ4n) is 5.38. The average molecular weight is 625 g/mol. The molecule has 0 spiro atoms. The molecule has 2 atom stereocenters. The van der Waals surface area contributed by atoms with Crippen LogP contribution in [0.3, 0.4) is 0 Å². The predicted octanol–water partition coefficient (Wildman–Crippen LogP) is 3.05. The number of carbonyl (C=O) groups is 1. The number of phenols is 2. The Morgan fingerprint density at radius 1 is 0.911 bits per heavy atom. The third-order valence-electron chi connectivity index (χ3n) is 7.47. The van der Waals surface area contributed by atoms with Gasteiger partial charge in [-0.25, -0.2) is 4.79 Å². The lowest BCUT2D eigenvalue weighted by atomic mass is 9.63. The molecule has 0 aliphatic heterocycles. The van der Waals surface area contributed by atoms with E-state index in [9.17, 15) is 25.2 Å². The van der Waals surface area contributed by atoms with Gasteiger partial charge in [0.1, 0.15) is 23.7 Å². The number of aromatic hydroxyl groups is 2. The van der Waals surface area contributed by atoms with Crippen LogP contribution in [-0.4, -0.2) is 86.5 Å². The zero-order valence-electron chi connectivity index (χ0n) is 25.9.